The van der Waals surface area contributed by atoms with E-state index < -0.39 is 0 Å². The lowest BCUT2D eigenvalue weighted by Gasteiger charge is -2.14. The Kier molecular flexibility index (Phi) is 3.09. The lowest BCUT2D eigenvalue weighted by atomic mass is 10.1. The van der Waals surface area contributed by atoms with Crippen LogP contribution < -0.4 is 14.8 Å². The summed E-state index contributed by atoms with van der Waals surface area (Å²) in [5.74, 6) is 1.76. The van der Waals surface area contributed by atoms with E-state index in [1.54, 1.807) is 7.11 Å². The van der Waals surface area contributed by atoms with Crippen LogP contribution in [0.1, 0.15) is 24.4 Å². The largest absolute Gasteiger partial charge is 0.496 e. The topological polar surface area (TPSA) is 30.5 Å². The highest BCUT2D eigenvalue weighted by Gasteiger charge is 2.34. The van der Waals surface area contributed by atoms with Gasteiger partial charge in [0.25, 0.3) is 0 Å². The molecule has 0 saturated heterocycles. The summed E-state index contributed by atoms with van der Waals surface area (Å²) in [6, 6.07) is 2.85. The smallest absolute Gasteiger partial charge is 0.139 e. The van der Waals surface area contributed by atoms with Gasteiger partial charge in [-0.25, -0.2) is 0 Å². The Morgan fingerprint density at radius 2 is 2.18 bits per heavy atom. The molecule has 1 saturated carbocycles. The van der Waals surface area contributed by atoms with Crippen molar-refractivity contribution in [2.45, 2.75) is 24.9 Å². The highest BCUT2D eigenvalue weighted by molar-refractivity contribution is 9.11. The molecule has 1 unspecified atom stereocenters. The van der Waals surface area contributed by atoms with Gasteiger partial charge in [0.2, 0.25) is 0 Å². The van der Waals surface area contributed by atoms with Crippen molar-refractivity contribution < 1.29 is 9.47 Å². The van der Waals surface area contributed by atoms with Crippen molar-refractivity contribution in [1.29, 1.82) is 0 Å². The summed E-state index contributed by atoms with van der Waals surface area (Å²) in [7, 11) is 1.68. The Morgan fingerprint density at radius 1 is 1.41 bits per heavy atom. The summed E-state index contributed by atoms with van der Waals surface area (Å²) in [6.07, 6.45) is 2.54. The number of hydrogen-bond acceptors (Lipinski definition) is 3. The number of rotatable bonds is 3. The fourth-order valence-electron chi connectivity index (χ4n) is 2.13. The number of nitrogens with one attached hydrogen (secondary N) is 1. The van der Waals surface area contributed by atoms with Crippen molar-refractivity contribution in [3.63, 3.8) is 0 Å². The summed E-state index contributed by atoms with van der Waals surface area (Å²) >= 11 is 7.14. The summed E-state index contributed by atoms with van der Waals surface area (Å²) in [6.45, 7) is 0.691. The molecule has 1 N–H and O–H groups in total. The molecule has 1 fully saturated rings. The second-order valence-corrected chi connectivity index (χ2v) is 6.07. The van der Waals surface area contributed by atoms with Crippen LogP contribution >= 0.6 is 31.9 Å². The molecule has 1 atom stereocenters. The van der Waals surface area contributed by atoms with Crippen molar-refractivity contribution in [2.24, 2.45) is 0 Å². The number of hydrogen-bond donors (Lipinski definition) is 1. The van der Waals surface area contributed by atoms with E-state index >= 15 is 0 Å². The first-order valence-electron chi connectivity index (χ1n) is 5.65. The van der Waals surface area contributed by atoms with Gasteiger partial charge < -0.3 is 14.8 Å². The summed E-state index contributed by atoms with van der Waals surface area (Å²) in [5, 5.41) is 3.60. The number of halogens is 2. The maximum atomic E-state index is 5.76. The van der Waals surface area contributed by atoms with Gasteiger partial charge in [0.1, 0.15) is 18.1 Å². The maximum Gasteiger partial charge on any atom is 0.139 e. The van der Waals surface area contributed by atoms with Crippen LogP contribution in [0.4, 0.5) is 0 Å². The highest BCUT2D eigenvalue weighted by atomic mass is 79.9. The third kappa shape index (κ3) is 2.09. The molecule has 0 spiro atoms. The van der Waals surface area contributed by atoms with E-state index in [0.29, 0.717) is 12.6 Å². The van der Waals surface area contributed by atoms with Crippen LogP contribution in [0.15, 0.2) is 15.0 Å². The fraction of sp³-hybridized carbons (Fsp3) is 0.500. The number of methoxy groups -OCH3 is 1. The van der Waals surface area contributed by atoms with E-state index in [0.717, 1.165) is 20.4 Å². The molecule has 5 heteroatoms. The number of benzene rings is 1. The van der Waals surface area contributed by atoms with Gasteiger partial charge in [-0.05, 0) is 50.8 Å². The number of ether oxygens (including phenoxy) is 2. The molecule has 1 aromatic rings. The van der Waals surface area contributed by atoms with E-state index in [-0.39, 0.29) is 6.04 Å². The molecule has 0 bridgehead atoms. The zero-order valence-electron chi connectivity index (χ0n) is 9.43. The van der Waals surface area contributed by atoms with E-state index in [1.807, 2.05) is 6.07 Å². The molecule has 3 rings (SSSR count). The molecule has 0 aromatic heterocycles. The average Bonchev–Trinajstić information content (AvgIpc) is 3.02. The van der Waals surface area contributed by atoms with Crippen molar-refractivity contribution in [3.05, 3.63) is 20.6 Å². The molecule has 1 aromatic carbocycles. The molecule has 0 amide bonds. The molecule has 2 aliphatic rings. The van der Waals surface area contributed by atoms with Crippen LogP contribution in [0.2, 0.25) is 0 Å². The van der Waals surface area contributed by atoms with Crippen LogP contribution in [-0.2, 0) is 0 Å². The predicted octanol–water partition coefficient (Wildman–Crippen LogP) is 3.41. The fourth-order valence-corrected chi connectivity index (χ4v) is 3.40. The van der Waals surface area contributed by atoms with Gasteiger partial charge in [-0.3, -0.25) is 0 Å². The summed E-state index contributed by atoms with van der Waals surface area (Å²) < 4.78 is 13.1. The van der Waals surface area contributed by atoms with Crippen LogP contribution in [0.25, 0.3) is 0 Å². The van der Waals surface area contributed by atoms with Crippen molar-refractivity contribution >= 4 is 31.9 Å². The molecule has 92 valence electrons. The van der Waals surface area contributed by atoms with E-state index in [2.05, 4.69) is 37.2 Å². The Bertz CT molecular complexity index is 460. The quantitative estimate of drug-likeness (QED) is 0.893. The minimum absolute atomic E-state index is 0.262. The van der Waals surface area contributed by atoms with Gasteiger partial charge in [-0.1, -0.05) is 0 Å². The average molecular weight is 363 g/mol. The summed E-state index contributed by atoms with van der Waals surface area (Å²) in [5.41, 5.74) is 1.17. The van der Waals surface area contributed by atoms with Gasteiger partial charge in [0.15, 0.2) is 0 Å². The van der Waals surface area contributed by atoms with Crippen LogP contribution in [0.3, 0.4) is 0 Å². The Hall–Kier alpha value is -0.260. The minimum atomic E-state index is 0.262. The Morgan fingerprint density at radius 3 is 2.82 bits per heavy atom. The van der Waals surface area contributed by atoms with Gasteiger partial charge in [-0.2, -0.15) is 0 Å². The molecule has 3 nitrogen and oxygen atoms in total. The molecule has 1 heterocycles. The second-order valence-electron chi connectivity index (χ2n) is 4.42. The minimum Gasteiger partial charge on any atom is -0.496 e. The summed E-state index contributed by atoms with van der Waals surface area (Å²) in [4.78, 5) is 0. The van der Waals surface area contributed by atoms with E-state index in [4.69, 9.17) is 9.47 Å². The van der Waals surface area contributed by atoms with Crippen molar-refractivity contribution in [3.8, 4) is 11.5 Å². The van der Waals surface area contributed by atoms with Crippen molar-refractivity contribution in [1.82, 2.24) is 5.32 Å². The Balaban J connectivity index is 2.01. The zero-order valence-corrected chi connectivity index (χ0v) is 12.6. The zero-order chi connectivity index (χ0) is 12.0. The standard InChI is InChI=1S/C12H13Br2NO2/c1-16-9-4-7(13)12-10(11(9)14)8(5-17-12)15-6-2-3-6/h4,6,8,15H,2-3,5H2,1H3. The van der Waals surface area contributed by atoms with E-state index in [1.165, 1.54) is 18.4 Å². The third-order valence-electron chi connectivity index (χ3n) is 3.15. The van der Waals surface area contributed by atoms with E-state index in [9.17, 15) is 0 Å². The molecule has 17 heavy (non-hydrogen) atoms. The predicted molar refractivity (Wildman–Crippen MR) is 72.8 cm³/mol. The van der Waals surface area contributed by atoms with Crippen LogP contribution in [-0.4, -0.2) is 19.8 Å². The second kappa shape index (κ2) is 4.44. The monoisotopic (exact) mass is 361 g/mol. The molecule has 1 aliphatic carbocycles. The Labute approximate surface area is 117 Å². The van der Waals surface area contributed by atoms with Gasteiger partial charge in [0.05, 0.1) is 22.1 Å². The molecular weight excluding hydrogens is 350 g/mol. The first-order chi connectivity index (χ1) is 8.20. The van der Waals surface area contributed by atoms with Gasteiger partial charge >= 0.3 is 0 Å². The number of fused-ring (bicyclic) bond motifs is 1. The third-order valence-corrected chi connectivity index (χ3v) is 4.56. The first-order valence-corrected chi connectivity index (χ1v) is 7.24. The maximum absolute atomic E-state index is 5.76. The SMILES string of the molecule is COc1cc(Br)c2c(c1Br)C(NC1CC1)CO2. The first kappa shape index (κ1) is 11.8. The lowest BCUT2D eigenvalue weighted by molar-refractivity contribution is 0.309. The normalized spacial score (nSPS) is 22.2. The lowest BCUT2D eigenvalue weighted by Crippen LogP contribution is -2.24. The molecular formula is C12H13Br2NO2. The molecule has 1 aliphatic heterocycles. The van der Waals surface area contributed by atoms with Gasteiger partial charge in [0, 0.05) is 11.6 Å². The van der Waals surface area contributed by atoms with Crippen LogP contribution in [0, 0.1) is 0 Å². The molecule has 0 radical (unpaired) electrons. The highest BCUT2D eigenvalue weighted by Crippen LogP contribution is 2.48. The van der Waals surface area contributed by atoms with Gasteiger partial charge in [-0.15, -0.1) is 0 Å². The van der Waals surface area contributed by atoms with Crippen LogP contribution in [0.5, 0.6) is 11.5 Å². The van der Waals surface area contributed by atoms with Crippen molar-refractivity contribution in [2.75, 3.05) is 13.7 Å².